The Labute approximate surface area is 228 Å². The molecule has 0 N–H and O–H groups in total. The average Bonchev–Trinajstić information content (AvgIpc) is 3.43. The second kappa shape index (κ2) is 10.9. The molecule has 0 spiro atoms. The molecule has 4 aromatic rings. The first kappa shape index (κ1) is 25.2. The number of rotatable bonds is 7. The highest BCUT2D eigenvalue weighted by Crippen LogP contribution is 2.37. The summed E-state index contributed by atoms with van der Waals surface area (Å²) in [5.41, 5.74) is 3.87. The van der Waals surface area contributed by atoms with E-state index in [9.17, 15) is 9.18 Å². The molecule has 5 rings (SSSR count). The number of amides is 1. The Balaban J connectivity index is 1.52. The zero-order chi connectivity index (χ0) is 25.9. The van der Waals surface area contributed by atoms with Crippen LogP contribution >= 0.6 is 35.6 Å². The zero-order valence-corrected chi connectivity index (χ0v) is 22.1. The lowest BCUT2D eigenvalue weighted by atomic mass is 10.1. The van der Waals surface area contributed by atoms with Crippen LogP contribution in [0, 0.1) is 5.82 Å². The Morgan fingerprint density at radius 1 is 1.11 bits per heavy atom. The largest absolute Gasteiger partial charge is 0.492 e. The van der Waals surface area contributed by atoms with Gasteiger partial charge < -0.3 is 4.74 Å². The first-order valence-corrected chi connectivity index (χ1v) is 13.1. The Hall–Kier alpha value is -3.46. The monoisotopic (exact) mass is 549 g/mol. The molecule has 1 amide bonds. The number of thioether (sulfide) groups is 1. The number of halogens is 2. The van der Waals surface area contributed by atoms with Crippen molar-refractivity contribution in [3.05, 3.63) is 106 Å². The summed E-state index contributed by atoms with van der Waals surface area (Å²) in [6, 6.07) is 21.3. The minimum Gasteiger partial charge on any atom is -0.492 e. The fourth-order valence-electron chi connectivity index (χ4n) is 3.90. The number of para-hydroxylation sites is 1. The van der Waals surface area contributed by atoms with Crippen molar-refractivity contribution in [2.24, 2.45) is 0 Å². The van der Waals surface area contributed by atoms with Gasteiger partial charge in [0, 0.05) is 17.3 Å². The van der Waals surface area contributed by atoms with E-state index in [-0.39, 0.29) is 18.3 Å². The Morgan fingerprint density at radius 3 is 2.57 bits per heavy atom. The minimum atomic E-state index is -0.327. The first-order valence-electron chi connectivity index (χ1n) is 11.5. The summed E-state index contributed by atoms with van der Waals surface area (Å²) in [7, 11) is 0. The molecule has 2 heterocycles. The van der Waals surface area contributed by atoms with Gasteiger partial charge >= 0.3 is 0 Å². The molecule has 0 aliphatic carbocycles. The van der Waals surface area contributed by atoms with Crippen LogP contribution in [0.5, 0.6) is 5.75 Å². The Morgan fingerprint density at radius 2 is 1.86 bits per heavy atom. The van der Waals surface area contributed by atoms with E-state index in [0.29, 0.717) is 32.3 Å². The minimum absolute atomic E-state index is 0.206. The molecule has 1 aromatic heterocycles. The lowest BCUT2D eigenvalue weighted by Gasteiger charge is -2.14. The van der Waals surface area contributed by atoms with Gasteiger partial charge in [-0.25, -0.2) is 9.07 Å². The summed E-state index contributed by atoms with van der Waals surface area (Å²) in [6.45, 7) is 2.68. The number of carbonyl (C=O) groups excluding carboxylic acids is 1. The predicted molar refractivity (Wildman–Crippen MR) is 150 cm³/mol. The summed E-state index contributed by atoms with van der Waals surface area (Å²) < 4.78 is 21.1. The Bertz CT molecular complexity index is 1500. The van der Waals surface area contributed by atoms with Gasteiger partial charge in [0.05, 0.1) is 28.8 Å². The number of thiocarbonyl (C=S) groups is 1. The van der Waals surface area contributed by atoms with Gasteiger partial charge in [0.2, 0.25) is 0 Å². The van der Waals surface area contributed by atoms with E-state index in [0.717, 1.165) is 22.4 Å². The second-order valence-corrected chi connectivity index (χ2v) is 10.3. The summed E-state index contributed by atoms with van der Waals surface area (Å²) >= 11 is 13.2. The number of nitrogens with zero attached hydrogens (tertiary/aromatic N) is 3. The van der Waals surface area contributed by atoms with Crippen LogP contribution in [0.15, 0.2) is 83.9 Å². The number of ether oxygens (including phenoxy) is 1. The van der Waals surface area contributed by atoms with Crippen molar-refractivity contribution in [1.82, 2.24) is 14.7 Å². The third-order valence-electron chi connectivity index (χ3n) is 5.68. The van der Waals surface area contributed by atoms with Crippen LogP contribution in [0.25, 0.3) is 23.0 Å². The maximum Gasteiger partial charge on any atom is 0.266 e. The molecule has 0 atom stereocenters. The van der Waals surface area contributed by atoms with Crippen molar-refractivity contribution in [2.75, 3.05) is 6.61 Å². The highest BCUT2D eigenvalue weighted by Gasteiger charge is 2.32. The fourth-order valence-corrected chi connectivity index (χ4v) is 5.38. The summed E-state index contributed by atoms with van der Waals surface area (Å²) in [5, 5.41) is 5.30. The van der Waals surface area contributed by atoms with Gasteiger partial charge in [-0.1, -0.05) is 65.9 Å². The van der Waals surface area contributed by atoms with Crippen LogP contribution in [-0.4, -0.2) is 31.5 Å². The smallest absolute Gasteiger partial charge is 0.266 e. The molecule has 1 saturated heterocycles. The van der Waals surface area contributed by atoms with Crippen molar-refractivity contribution in [2.45, 2.75) is 13.5 Å². The molecule has 186 valence electrons. The number of hydrogen-bond donors (Lipinski definition) is 0. The summed E-state index contributed by atoms with van der Waals surface area (Å²) in [4.78, 5) is 15.3. The molecule has 9 heteroatoms. The number of aromatic nitrogens is 2. The lowest BCUT2D eigenvalue weighted by Crippen LogP contribution is -2.27. The molecular weight excluding hydrogens is 529 g/mol. The lowest BCUT2D eigenvalue weighted by molar-refractivity contribution is -0.122. The zero-order valence-electron chi connectivity index (χ0n) is 19.7. The van der Waals surface area contributed by atoms with Gasteiger partial charge in [-0.15, -0.1) is 0 Å². The molecule has 1 fully saturated rings. The molecule has 0 unspecified atom stereocenters. The maximum atomic E-state index is 13.3. The van der Waals surface area contributed by atoms with Crippen molar-refractivity contribution in [1.29, 1.82) is 0 Å². The van der Waals surface area contributed by atoms with E-state index in [1.54, 1.807) is 29.0 Å². The van der Waals surface area contributed by atoms with Crippen LogP contribution in [0.1, 0.15) is 18.1 Å². The van der Waals surface area contributed by atoms with Crippen LogP contribution < -0.4 is 4.74 Å². The molecule has 37 heavy (non-hydrogen) atoms. The van der Waals surface area contributed by atoms with Crippen molar-refractivity contribution in [3.63, 3.8) is 0 Å². The molecule has 0 saturated carbocycles. The van der Waals surface area contributed by atoms with Gasteiger partial charge in [0.15, 0.2) is 0 Å². The number of benzene rings is 3. The van der Waals surface area contributed by atoms with Gasteiger partial charge in [-0.2, -0.15) is 5.10 Å². The highest BCUT2D eigenvalue weighted by atomic mass is 35.5. The number of carbonyl (C=O) groups is 1. The van der Waals surface area contributed by atoms with Crippen LogP contribution in [0.2, 0.25) is 5.02 Å². The topological polar surface area (TPSA) is 47.4 Å². The first-order chi connectivity index (χ1) is 17.9. The van der Waals surface area contributed by atoms with E-state index in [4.69, 9.17) is 33.7 Å². The molecule has 3 aromatic carbocycles. The molecule has 1 aliphatic heterocycles. The predicted octanol–water partition coefficient (Wildman–Crippen LogP) is 7.13. The molecule has 1 aliphatic rings. The van der Waals surface area contributed by atoms with Gasteiger partial charge in [0.25, 0.3) is 5.91 Å². The summed E-state index contributed by atoms with van der Waals surface area (Å²) in [5.74, 6) is 0.0625. The van der Waals surface area contributed by atoms with E-state index in [1.165, 1.54) is 28.8 Å². The molecular formula is C28H21ClFN3O2S2. The molecule has 0 radical (unpaired) electrons. The molecule has 0 bridgehead atoms. The van der Waals surface area contributed by atoms with E-state index in [2.05, 4.69) is 0 Å². The third-order valence-corrected chi connectivity index (χ3v) is 7.36. The third kappa shape index (κ3) is 5.46. The van der Waals surface area contributed by atoms with Gasteiger partial charge in [-0.3, -0.25) is 9.69 Å². The maximum absolute atomic E-state index is 13.3. The van der Waals surface area contributed by atoms with Gasteiger partial charge in [0.1, 0.15) is 21.6 Å². The second-order valence-electron chi connectivity index (χ2n) is 8.19. The number of hydrogen-bond acceptors (Lipinski definition) is 5. The van der Waals surface area contributed by atoms with E-state index < -0.39 is 0 Å². The van der Waals surface area contributed by atoms with Gasteiger partial charge in [-0.05, 0) is 61.0 Å². The Kier molecular flexibility index (Phi) is 7.41. The van der Waals surface area contributed by atoms with E-state index in [1.807, 2.05) is 55.6 Å². The summed E-state index contributed by atoms with van der Waals surface area (Å²) in [6.07, 6.45) is 3.68. The van der Waals surface area contributed by atoms with Crippen LogP contribution in [0.4, 0.5) is 4.39 Å². The van der Waals surface area contributed by atoms with Crippen molar-refractivity contribution >= 4 is 51.9 Å². The fraction of sp³-hybridized carbons (Fsp3) is 0.107. The van der Waals surface area contributed by atoms with E-state index >= 15 is 0 Å². The normalized spacial score (nSPS) is 14.6. The molecule has 5 nitrogen and oxygen atoms in total. The average molecular weight is 550 g/mol. The van der Waals surface area contributed by atoms with Crippen molar-refractivity contribution in [3.8, 4) is 22.7 Å². The standard InChI is InChI=1S/C28H21ClFN3O2S2/c1-2-35-24-13-10-19(14-23(24)29)26-20(17-33(31-26)22-6-4-3-5-7-22)15-25-27(34)32(28(36)37-25)16-18-8-11-21(30)12-9-18/h3-15,17H,2,16H2,1H3. The highest BCUT2D eigenvalue weighted by molar-refractivity contribution is 8.26. The van der Waals surface area contributed by atoms with Crippen LogP contribution in [-0.2, 0) is 11.3 Å². The quantitative estimate of drug-likeness (QED) is 0.181. The van der Waals surface area contributed by atoms with Crippen LogP contribution in [0.3, 0.4) is 0 Å². The van der Waals surface area contributed by atoms with Crippen molar-refractivity contribution < 1.29 is 13.9 Å². The SMILES string of the molecule is CCOc1ccc(-c2nn(-c3ccccc3)cc2C=C2SC(=S)N(Cc3ccc(F)cc3)C2=O)cc1Cl.